The predicted molar refractivity (Wildman–Crippen MR) is 426 cm³/mol. The highest BCUT2D eigenvalue weighted by Gasteiger charge is 2.41. The monoisotopic (exact) mass is 1640 g/mol. The predicted octanol–water partition coefficient (Wildman–Crippen LogP) is 6.35. The van der Waals surface area contributed by atoms with Crippen LogP contribution in [0.25, 0.3) is 11.1 Å². The van der Waals surface area contributed by atoms with E-state index in [4.69, 9.17) is 78.9 Å². The molecule has 28 nitrogen and oxygen atoms in total. The number of aliphatic carboxylic acids is 4. The van der Waals surface area contributed by atoms with Crippen LogP contribution in [0.3, 0.4) is 0 Å². The largest absolute Gasteiger partial charge is 0.508 e. The number of rotatable bonds is 43. The van der Waals surface area contributed by atoms with Crippen LogP contribution in [0.1, 0.15) is 78.6 Å². The lowest BCUT2D eigenvalue weighted by Gasteiger charge is -2.36. The maximum atomic E-state index is 12.8. The summed E-state index contributed by atoms with van der Waals surface area (Å²) in [5.74, 6) is -6.25. The fourth-order valence-electron chi connectivity index (χ4n) is 12.3. The molecule has 34 heteroatoms. The molecular weight excluding hydrogens is 1560 g/mol. The van der Waals surface area contributed by atoms with Crippen LogP contribution in [0.5, 0.6) is 5.75 Å². The van der Waals surface area contributed by atoms with Gasteiger partial charge in [-0.3, -0.25) is 34.2 Å². The average Bonchev–Trinajstić information content (AvgIpc) is 0.753. The topological polar surface area (TPSA) is 453 Å². The number of benzene rings is 2. The van der Waals surface area contributed by atoms with Gasteiger partial charge in [0.05, 0.1) is 76.0 Å². The van der Waals surface area contributed by atoms with Crippen molar-refractivity contribution < 1.29 is 122 Å². The fourth-order valence-corrected chi connectivity index (χ4v) is 18.8. The molecule has 10 rings (SSSR count). The van der Waals surface area contributed by atoms with Gasteiger partial charge >= 0.3 is 29.8 Å². The SMILES string of the molecule is C.NC(CSC1CCC1SCC(=[NH2+])C(=O)O)C(=O)O.O=COc1cc(CC(=S)COCCOCCC(=O)NC(CSC2CCC2SCC(NC(=O)CCOCCOCC(=S)Cc2ccc(C3=C4C=CC(O)=CC4OC4=CC(=O)C=CC43)c(C(=O)O)c2)C(=O)O)C(=O)O)ccc1C1=C2C=CC(O)=CC2OC2=CC(=O)C=CC21. The van der Waals surface area contributed by atoms with Crippen molar-refractivity contribution >= 4 is 158 Å². The van der Waals surface area contributed by atoms with Crippen molar-refractivity contribution in [2.24, 2.45) is 17.6 Å². The van der Waals surface area contributed by atoms with Crippen molar-refractivity contribution in [2.75, 3.05) is 75.9 Å². The van der Waals surface area contributed by atoms with Gasteiger partial charge in [0.1, 0.15) is 59.1 Å². The van der Waals surface area contributed by atoms with Crippen LogP contribution in [0, 0.1) is 11.8 Å². The Morgan fingerprint density at radius 1 is 0.586 bits per heavy atom. The third-order valence-electron chi connectivity index (χ3n) is 18.2. The van der Waals surface area contributed by atoms with E-state index in [1.807, 2.05) is 12.1 Å². The quantitative estimate of drug-likeness (QED) is 0.0149. The fraction of sp³-hybridized carbons (Fsp3) is 0.416. The van der Waals surface area contributed by atoms with Crippen LogP contribution in [-0.4, -0.2) is 238 Å². The van der Waals surface area contributed by atoms with Gasteiger partial charge in [0.2, 0.25) is 11.8 Å². The number of ether oxygens (including phenoxy) is 7. The molecule has 13 N–H and O–H groups in total. The van der Waals surface area contributed by atoms with Gasteiger partial charge in [-0.25, -0.2) is 19.2 Å². The maximum Gasteiger partial charge on any atom is 0.396 e. The molecule has 0 aromatic heterocycles. The van der Waals surface area contributed by atoms with E-state index >= 15 is 0 Å². The number of thioether (sulfide) groups is 4. The first-order valence-electron chi connectivity index (χ1n) is 34.9. The second-order valence-corrected chi connectivity index (χ2v) is 32.2. The number of hydrogen-bond acceptors (Lipinski definition) is 26. The van der Waals surface area contributed by atoms with Crippen LogP contribution in [0.2, 0.25) is 0 Å². The first-order valence-corrected chi connectivity index (χ1v) is 39.9. The molecule has 0 spiro atoms. The summed E-state index contributed by atoms with van der Waals surface area (Å²) in [7, 11) is 0. The molecule has 0 bridgehead atoms. The summed E-state index contributed by atoms with van der Waals surface area (Å²) in [5.41, 5.74) is 10.6. The molecule has 8 aliphatic rings. The first-order chi connectivity index (χ1) is 52.7. The number of aromatic carboxylic acids is 1. The van der Waals surface area contributed by atoms with Gasteiger partial charge in [-0.15, -0.1) is 11.8 Å². The van der Waals surface area contributed by atoms with Crippen molar-refractivity contribution in [3.63, 3.8) is 0 Å². The molecule has 2 saturated carbocycles. The second-order valence-electron chi connectivity index (χ2n) is 26.0. The molecule has 0 radical (unpaired) electrons. The van der Waals surface area contributed by atoms with E-state index in [0.717, 1.165) is 42.4 Å². The van der Waals surface area contributed by atoms with Gasteiger partial charge in [0.15, 0.2) is 11.6 Å². The Labute approximate surface area is 667 Å². The molecule has 2 aromatic carbocycles. The summed E-state index contributed by atoms with van der Waals surface area (Å²) in [5, 5.41) is 78.9. The van der Waals surface area contributed by atoms with Gasteiger partial charge in [-0.05, 0) is 90.0 Å². The number of ketones is 2. The molecule has 2 fully saturated rings. The number of amides is 2. The van der Waals surface area contributed by atoms with E-state index in [9.17, 15) is 73.5 Å². The minimum Gasteiger partial charge on any atom is -0.508 e. The van der Waals surface area contributed by atoms with Crippen LogP contribution >= 0.6 is 71.5 Å². The number of aliphatic hydroxyl groups excluding tert-OH is 2. The molecule has 594 valence electrons. The summed E-state index contributed by atoms with van der Waals surface area (Å²) in [6, 6.07) is 7.20. The molecule has 0 saturated heterocycles. The number of carboxylic acid groups (broad SMARTS) is 5. The molecular formula is C77H87N4O24S6+. The van der Waals surface area contributed by atoms with Crippen molar-refractivity contribution in [3.05, 3.63) is 171 Å². The Morgan fingerprint density at radius 3 is 1.47 bits per heavy atom. The van der Waals surface area contributed by atoms with E-state index in [1.165, 1.54) is 83.9 Å². The Kier molecular flexibility index (Phi) is 33.8. The van der Waals surface area contributed by atoms with Crippen molar-refractivity contribution in [3.8, 4) is 5.75 Å². The molecule has 2 amide bonds. The van der Waals surface area contributed by atoms with Gasteiger partial charge in [0.25, 0.3) is 12.2 Å². The number of hydrogen-bond donors (Lipinski definition) is 11. The normalized spacial score (nSPS) is 21.7. The zero-order valence-corrected chi connectivity index (χ0v) is 64.0. The summed E-state index contributed by atoms with van der Waals surface area (Å²) in [4.78, 5) is 121. The zero-order valence-electron chi connectivity index (χ0n) is 59.1. The smallest absolute Gasteiger partial charge is 0.396 e. The zero-order chi connectivity index (χ0) is 79.1. The highest BCUT2D eigenvalue weighted by molar-refractivity contribution is 8.04. The highest BCUT2D eigenvalue weighted by Crippen LogP contribution is 2.48. The number of thiocarbonyl (C=S) groups is 2. The van der Waals surface area contributed by atoms with E-state index in [0.29, 0.717) is 84.0 Å². The van der Waals surface area contributed by atoms with Crippen molar-refractivity contribution in [1.82, 2.24) is 10.6 Å². The average molecular weight is 1640 g/mol. The Hall–Kier alpha value is -8.81. The third kappa shape index (κ3) is 25.3. The first kappa shape index (κ1) is 87.8. The molecule has 2 aromatic rings. The van der Waals surface area contributed by atoms with Crippen LogP contribution in [0.4, 0.5) is 0 Å². The molecule has 2 aliphatic heterocycles. The Balaban J connectivity index is 0.000000715. The standard InChI is InChI=1S/C66H66N2O20S4.C10H16N2O4S2.CH4/c69-35-86-53-26-37(2-8-45(53)63-48-11-5-40(72)29-56(48)88-57-30-41(73)6-12-49(57)63)24-43(90)32-85-22-20-83-18-16-61(75)68-52(66(80)81)34-92-59-14-13-58(59)91-33-51(65(78)79)67-60(74)15-17-82-19-21-84-31-42(89)23-36-1-7-44(50(25-36)64(76)77)62-46-9-3-38(70)27-54(46)87-55-28-39(71)4-10-47(55)62;11-5(9(13)14)3-17-7-1-2-8(7)18-4-6(12)10(15)16;/h1-12,25-30,35,46,48,51-52,55,57-59,71,73H,13-24,31-34H2,(H,67,74)(H,68,75)(H,76,77)(H,78,79)(H,80,81);5,7-8,12H,1-4,11H2,(H,13,14)(H,15,16);1H4/p+1. The highest BCUT2D eigenvalue weighted by atomic mass is 32.2. The second kappa shape index (κ2) is 42.7. The summed E-state index contributed by atoms with van der Waals surface area (Å²) >= 11 is 16.9. The van der Waals surface area contributed by atoms with Gasteiger partial charge in [0, 0.05) is 115 Å². The lowest BCUT2D eigenvalue weighted by atomic mass is 9.78. The number of carbonyl (C=O) groups is 10. The van der Waals surface area contributed by atoms with Gasteiger partial charge in [-0.2, -0.15) is 35.3 Å². The van der Waals surface area contributed by atoms with E-state index in [2.05, 4.69) is 10.6 Å². The van der Waals surface area contributed by atoms with Crippen LogP contribution < -0.4 is 26.5 Å². The number of carbonyl (C=O) groups excluding carboxylic acids is 5. The number of allylic oxidation sites excluding steroid dienone is 8. The molecule has 11 atom stereocenters. The lowest BCUT2D eigenvalue weighted by Crippen LogP contribution is -2.47. The summed E-state index contributed by atoms with van der Waals surface area (Å²) in [6.45, 7) is 1.04. The molecule has 111 heavy (non-hydrogen) atoms. The molecule has 2 heterocycles. The minimum atomic E-state index is -1.21. The number of aliphatic hydroxyl groups is 2. The van der Waals surface area contributed by atoms with Crippen LogP contribution in [0.15, 0.2) is 143 Å². The minimum absolute atomic E-state index is 0. The summed E-state index contributed by atoms with van der Waals surface area (Å²) < 4.78 is 40.1. The maximum absolute atomic E-state index is 12.8. The van der Waals surface area contributed by atoms with Crippen molar-refractivity contribution in [2.45, 2.75) is 110 Å². The van der Waals surface area contributed by atoms with E-state index in [1.54, 1.807) is 60.3 Å². The Bertz CT molecular complexity index is 4250. The number of nitrogens with two attached hydrogens (primary N) is 2. The molecule has 11 unspecified atom stereocenters. The van der Waals surface area contributed by atoms with Crippen molar-refractivity contribution in [1.29, 1.82) is 0 Å². The third-order valence-corrected chi connectivity index (χ3v) is 25.1. The number of fused-ring (bicyclic) bond motifs is 4. The molecule has 6 aliphatic carbocycles. The number of carboxylic acids is 5. The van der Waals surface area contributed by atoms with E-state index in [-0.39, 0.29) is 142 Å². The van der Waals surface area contributed by atoms with Gasteiger partial charge in [-0.1, -0.05) is 80.4 Å². The van der Waals surface area contributed by atoms with Gasteiger partial charge < -0.3 is 85.3 Å². The van der Waals surface area contributed by atoms with Crippen LogP contribution in [-0.2, 0) is 84.4 Å². The van der Waals surface area contributed by atoms with E-state index < -0.39 is 83.8 Å². The lowest BCUT2D eigenvalue weighted by molar-refractivity contribution is -0.147. The summed E-state index contributed by atoms with van der Waals surface area (Å²) in [6.07, 6.45) is 21.0. The Morgan fingerprint density at radius 2 is 1.03 bits per heavy atom. The number of nitrogens with one attached hydrogen (secondary N) is 2.